The molecule has 0 N–H and O–H groups in total. The number of rotatable bonds is 0. The first-order valence-electron chi connectivity index (χ1n) is 4.04. The third kappa shape index (κ3) is 1.65. The summed E-state index contributed by atoms with van der Waals surface area (Å²) in [6, 6.07) is 8.59. The highest BCUT2D eigenvalue weighted by Crippen LogP contribution is 2.18. The number of benzene rings is 1. The van der Waals surface area contributed by atoms with Crippen LogP contribution in [0.5, 0.6) is 0 Å². The predicted octanol–water partition coefficient (Wildman–Crippen LogP) is 1.60. The third-order valence-corrected chi connectivity index (χ3v) is 2.57. The Morgan fingerprint density at radius 1 is 0.929 bits per heavy atom. The monoisotopic (exact) mass is 205 g/mol. The van der Waals surface area contributed by atoms with Crippen LogP contribution in [0.3, 0.4) is 0 Å². The second-order valence-corrected chi connectivity index (χ2v) is 3.75. The highest BCUT2D eigenvalue weighted by molar-refractivity contribution is 7.63. The summed E-state index contributed by atoms with van der Waals surface area (Å²) >= 11 is 0. The minimum Gasteiger partial charge on any atom is -0.265 e. The Morgan fingerprint density at radius 2 is 1.64 bits per heavy atom. The average Bonchev–Trinajstić information content (AvgIpc) is 2.41. The Balaban J connectivity index is 2.94. The lowest BCUT2D eigenvalue weighted by Gasteiger charge is -1.96. The maximum absolute atomic E-state index is 10.7. The molecule has 0 radical (unpaired) electrons. The van der Waals surface area contributed by atoms with Crippen molar-refractivity contribution in [1.29, 1.82) is 0 Å². The smallest absolute Gasteiger partial charge is 0.221 e. The maximum Gasteiger partial charge on any atom is 0.221 e. The Bertz CT molecular complexity index is 597. The fraction of sp³-hybridized carbons (Fsp3) is 0. The Kier molecular flexibility index (Phi) is 2.28. The van der Waals surface area contributed by atoms with Crippen molar-refractivity contribution in [1.82, 2.24) is 4.98 Å². The number of nitrogens with zero attached hydrogens (tertiary/aromatic N) is 1. The van der Waals surface area contributed by atoms with Crippen molar-refractivity contribution < 1.29 is 8.42 Å². The van der Waals surface area contributed by atoms with Crippen molar-refractivity contribution in [2.45, 2.75) is 0 Å². The number of fused-ring (bicyclic) bond motifs is 1. The lowest BCUT2D eigenvalue weighted by atomic mass is 10.1. The normalized spacial score (nSPS) is 10.0. The minimum atomic E-state index is -2.17. The molecular formula is C10H7NO2S. The van der Waals surface area contributed by atoms with Crippen LogP contribution < -0.4 is 0 Å². The van der Waals surface area contributed by atoms with E-state index in [1.807, 2.05) is 6.07 Å². The molecule has 0 saturated carbocycles. The first kappa shape index (κ1) is 8.90. The van der Waals surface area contributed by atoms with Gasteiger partial charge in [0, 0.05) is 12.4 Å². The molecule has 0 aromatic carbocycles. The molecular weight excluding hydrogens is 198 g/mol. The number of hydrogen-bond donors (Lipinski definition) is 0. The summed E-state index contributed by atoms with van der Waals surface area (Å²) in [5, 5.41) is 0. The molecule has 0 aromatic rings. The zero-order valence-electron chi connectivity index (χ0n) is 7.21. The van der Waals surface area contributed by atoms with Crippen LogP contribution in [0.1, 0.15) is 0 Å². The van der Waals surface area contributed by atoms with Gasteiger partial charge in [0.25, 0.3) is 0 Å². The Morgan fingerprint density at radius 3 is 2.36 bits per heavy atom. The van der Waals surface area contributed by atoms with Gasteiger partial charge >= 0.3 is 0 Å². The van der Waals surface area contributed by atoms with E-state index in [0.29, 0.717) is 4.51 Å². The number of hydrogen-bond acceptors (Lipinski definition) is 3. The SMILES string of the molecule is O=S(=O)=c1ccc2ccnccc-2c1. The molecule has 2 rings (SSSR count). The van der Waals surface area contributed by atoms with Crippen molar-refractivity contribution in [2.24, 2.45) is 0 Å². The molecule has 0 atom stereocenters. The highest BCUT2D eigenvalue weighted by atomic mass is 32.2. The largest absolute Gasteiger partial charge is 0.265 e. The van der Waals surface area contributed by atoms with Gasteiger partial charge in [0.15, 0.2) is 0 Å². The summed E-state index contributed by atoms with van der Waals surface area (Å²) in [5.74, 6) is 0. The van der Waals surface area contributed by atoms with Crippen LogP contribution in [0.15, 0.2) is 42.7 Å². The third-order valence-electron chi connectivity index (χ3n) is 1.93. The fourth-order valence-corrected chi connectivity index (χ4v) is 1.65. The van der Waals surface area contributed by atoms with E-state index in [1.54, 1.807) is 36.7 Å². The second-order valence-electron chi connectivity index (χ2n) is 2.81. The molecule has 1 aliphatic heterocycles. The summed E-state index contributed by atoms with van der Waals surface area (Å²) in [7, 11) is -2.17. The van der Waals surface area contributed by atoms with Gasteiger partial charge in [0.05, 0.1) is 4.51 Å². The second kappa shape index (κ2) is 3.59. The molecule has 0 aromatic heterocycles. The fourth-order valence-electron chi connectivity index (χ4n) is 1.25. The standard InChI is InChI=1S/C10H7NO2S/c12-14(13)10-2-1-8-3-5-11-6-4-9(8)7-10/h1-7H. The molecule has 0 saturated heterocycles. The molecule has 1 aliphatic carbocycles. The molecule has 1 heterocycles. The van der Waals surface area contributed by atoms with Gasteiger partial charge in [-0.2, -0.15) is 8.42 Å². The quantitative estimate of drug-likeness (QED) is 0.614. The lowest BCUT2D eigenvalue weighted by Crippen LogP contribution is -1.76. The summed E-state index contributed by atoms with van der Waals surface area (Å²) in [5.41, 5.74) is 1.83. The van der Waals surface area contributed by atoms with Gasteiger partial charge in [-0.1, -0.05) is 6.07 Å². The van der Waals surface area contributed by atoms with Gasteiger partial charge in [0.1, 0.15) is 0 Å². The molecule has 0 unspecified atom stereocenters. The van der Waals surface area contributed by atoms with Crippen molar-refractivity contribution in [3.63, 3.8) is 0 Å². The molecule has 0 amide bonds. The highest BCUT2D eigenvalue weighted by Gasteiger charge is 1.97. The zero-order chi connectivity index (χ0) is 9.97. The van der Waals surface area contributed by atoms with Crippen LogP contribution in [0.25, 0.3) is 11.1 Å². The van der Waals surface area contributed by atoms with Crippen LogP contribution in [-0.2, 0) is 10.3 Å². The van der Waals surface area contributed by atoms with Gasteiger partial charge in [-0.05, 0) is 35.4 Å². The van der Waals surface area contributed by atoms with Crippen LogP contribution in [-0.4, -0.2) is 13.4 Å². The lowest BCUT2D eigenvalue weighted by molar-refractivity contribution is 0.625. The topological polar surface area (TPSA) is 47.0 Å². The first-order chi connectivity index (χ1) is 6.77. The first-order valence-corrected chi connectivity index (χ1v) is 5.11. The average molecular weight is 205 g/mol. The zero-order valence-corrected chi connectivity index (χ0v) is 8.03. The van der Waals surface area contributed by atoms with Crippen LogP contribution >= 0.6 is 0 Å². The van der Waals surface area contributed by atoms with Crippen molar-refractivity contribution in [2.75, 3.05) is 0 Å². The molecule has 0 bridgehead atoms. The van der Waals surface area contributed by atoms with E-state index in [4.69, 9.17) is 0 Å². The van der Waals surface area contributed by atoms with E-state index in [2.05, 4.69) is 4.98 Å². The van der Waals surface area contributed by atoms with E-state index >= 15 is 0 Å². The van der Waals surface area contributed by atoms with E-state index in [-0.39, 0.29) is 0 Å². The van der Waals surface area contributed by atoms with Gasteiger partial charge in [0.2, 0.25) is 10.3 Å². The van der Waals surface area contributed by atoms with E-state index in [1.165, 1.54) is 0 Å². The van der Waals surface area contributed by atoms with Gasteiger partial charge in [-0.25, -0.2) is 0 Å². The summed E-state index contributed by atoms with van der Waals surface area (Å²) in [4.78, 5) is 3.94. The predicted molar refractivity (Wildman–Crippen MR) is 53.0 cm³/mol. The molecule has 0 fully saturated rings. The van der Waals surface area contributed by atoms with Crippen molar-refractivity contribution >= 4 is 10.3 Å². The number of aromatic nitrogens is 1. The molecule has 2 aliphatic rings. The van der Waals surface area contributed by atoms with E-state index in [9.17, 15) is 8.42 Å². The summed E-state index contributed by atoms with van der Waals surface area (Å²) < 4.78 is 21.7. The van der Waals surface area contributed by atoms with Crippen molar-refractivity contribution in [3.05, 3.63) is 47.2 Å². The Hall–Kier alpha value is -1.68. The molecule has 3 nitrogen and oxygen atoms in total. The summed E-state index contributed by atoms with van der Waals surface area (Å²) in [6.45, 7) is 0. The van der Waals surface area contributed by atoms with Gasteiger partial charge in [-0.15, -0.1) is 0 Å². The molecule has 70 valence electrons. The van der Waals surface area contributed by atoms with Crippen molar-refractivity contribution in [3.8, 4) is 11.1 Å². The summed E-state index contributed by atoms with van der Waals surface area (Å²) in [6.07, 6.45) is 3.32. The van der Waals surface area contributed by atoms with Crippen LogP contribution in [0.2, 0.25) is 0 Å². The van der Waals surface area contributed by atoms with E-state index < -0.39 is 10.3 Å². The van der Waals surface area contributed by atoms with E-state index in [0.717, 1.165) is 11.1 Å². The molecule has 4 heteroatoms. The molecule has 0 spiro atoms. The van der Waals surface area contributed by atoms with Gasteiger partial charge in [-0.3, -0.25) is 4.98 Å². The molecule has 14 heavy (non-hydrogen) atoms. The van der Waals surface area contributed by atoms with Gasteiger partial charge < -0.3 is 0 Å². The maximum atomic E-state index is 10.7. The van der Waals surface area contributed by atoms with Crippen LogP contribution in [0, 0.1) is 4.51 Å². The minimum absolute atomic E-state index is 0.295. The Labute approximate surface area is 82.6 Å². The van der Waals surface area contributed by atoms with Crippen LogP contribution in [0.4, 0.5) is 0 Å².